The first kappa shape index (κ1) is 16.2. The molecule has 0 aromatic carbocycles. The van der Waals surface area contributed by atoms with Crippen LogP contribution in [0.5, 0.6) is 0 Å². The van der Waals surface area contributed by atoms with Crippen molar-refractivity contribution in [2.45, 2.75) is 59.7 Å². The Kier molecular flexibility index (Phi) is 7.12. The van der Waals surface area contributed by atoms with Crippen molar-refractivity contribution in [3.8, 4) is 0 Å². The molecule has 3 nitrogen and oxygen atoms in total. The Labute approximate surface area is 105 Å². The Balaban J connectivity index is 4.10. The highest BCUT2D eigenvalue weighted by molar-refractivity contribution is 5.68. The summed E-state index contributed by atoms with van der Waals surface area (Å²) in [6.07, 6.45) is 4.57. The van der Waals surface area contributed by atoms with Crippen LogP contribution in [-0.4, -0.2) is 24.3 Å². The van der Waals surface area contributed by atoms with E-state index in [1.165, 1.54) is 0 Å². The van der Waals surface area contributed by atoms with Crippen LogP contribution in [0.2, 0.25) is 0 Å². The van der Waals surface area contributed by atoms with Gasteiger partial charge in [0.25, 0.3) is 0 Å². The molecular weight excluding hydrogens is 216 g/mol. The highest BCUT2D eigenvalue weighted by Gasteiger charge is 2.22. The number of allylic oxidation sites excluding steroid dienone is 1. The maximum atomic E-state index is 11.1. The van der Waals surface area contributed by atoms with E-state index in [0.717, 1.165) is 0 Å². The van der Waals surface area contributed by atoms with Gasteiger partial charge in [0.05, 0.1) is 11.7 Å². The van der Waals surface area contributed by atoms with Gasteiger partial charge >= 0.3 is 5.97 Å². The zero-order valence-electron chi connectivity index (χ0n) is 11.9. The topological polar surface area (TPSA) is 35.5 Å². The second kappa shape index (κ2) is 7.49. The summed E-state index contributed by atoms with van der Waals surface area (Å²) < 4.78 is 10.9. The number of carbonyl (C=O) groups is 1. The van der Waals surface area contributed by atoms with Gasteiger partial charge in [-0.15, -0.1) is 0 Å². The molecule has 0 aromatic rings. The molecule has 0 spiro atoms. The Bertz CT molecular complexity index is 254. The summed E-state index contributed by atoms with van der Waals surface area (Å²) in [7, 11) is 0. The van der Waals surface area contributed by atoms with Gasteiger partial charge in [0.15, 0.2) is 0 Å². The normalized spacial score (nSPS) is 14.3. The smallest absolute Gasteiger partial charge is 0.305 e. The zero-order valence-corrected chi connectivity index (χ0v) is 11.9. The predicted octanol–water partition coefficient (Wildman–Crippen LogP) is 3.34. The lowest BCUT2D eigenvalue weighted by Crippen LogP contribution is -2.34. The average molecular weight is 242 g/mol. The van der Waals surface area contributed by atoms with Crippen molar-refractivity contribution in [3.05, 3.63) is 12.2 Å². The van der Waals surface area contributed by atoms with E-state index in [1.54, 1.807) is 6.92 Å². The highest BCUT2D eigenvalue weighted by atomic mass is 16.6. The van der Waals surface area contributed by atoms with Crippen LogP contribution in [0.4, 0.5) is 0 Å². The van der Waals surface area contributed by atoms with Gasteiger partial charge in [-0.1, -0.05) is 32.9 Å². The van der Waals surface area contributed by atoms with Crippen molar-refractivity contribution in [1.82, 2.24) is 0 Å². The van der Waals surface area contributed by atoms with Gasteiger partial charge in [-0.05, 0) is 26.7 Å². The fourth-order valence-electron chi connectivity index (χ4n) is 1.31. The lowest BCUT2D eigenvalue weighted by molar-refractivity contribution is -0.154. The van der Waals surface area contributed by atoms with Crippen molar-refractivity contribution in [3.63, 3.8) is 0 Å². The zero-order chi connectivity index (χ0) is 13.5. The van der Waals surface area contributed by atoms with Crippen molar-refractivity contribution >= 4 is 5.97 Å². The molecular formula is C14H26O3. The highest BCUT2D eigenvalue weighted by Crippen LogP contribution is 2.14. The van der Waals surface area contributed by atoms with Crippen LogP contribution in [0, 0.1) is 5.92 Å². The maximum Gasteiger partial charge on any atom is 0.305 e. The largest absolute Gasteiger partial charge is 0.463 e. The molecule has 0 N–H and O–H groups in total. The van der Waals surface area contributed by atoms with Crippen molar-refractivity contribution in [2.24, 2.45) is 5.92 Å². The van der Waals surface area contributed by atoms with Gasteiger partial charge in [0.1, 0.15) is 6.61 Å². The lowest BCUT2D eigenvalue weighted by Gasteiger charge is -2.27. The summed E-state index contributed by atoms with van der Waals surface area (Å²) in [5, 5.41) is 0. The molecule has 0 aliphatic carbocycles. The number of carbonyl (C=O) groups excluding carboxylic acids is 1. The van der Waals surface area contributed by atoms with E-state index in [9.17, 15) is 4.79 Å². The molecule has 0 radical (unpaired) electrons. The third-order valence-corrected chi connectivity index (χ3v) is 2.14. The van der Waals surface area contributed by atoms with Gasteiger partial charge in [0, 0.05) is 6.42 Å². The predicted molar refractivity (Wildman–Crippen MR) is 69.9 cm³/mol. The molecule has 0 aliphatic heterocycles. The lowest BCUT2D eigenvalue weighted by atomic mass is 10.1. The minimum absolute atomic E-state index is 0.0210. The van der Waals surface area contributed by atoms with E-state index < -0.39 is 5.60 Å². The van der Waals surface area contributed by atoms with Gasteiger partial charge in [-0.25, -0.2) is 0 Å². The second-order valence-corrected chi connectivity index (χ2v) is 5.23. The first-order valence-corrected chi connectivity index (χ1v) is 6.28. The van der Waals surface area contributed by atoms with Crippen LogP contribution in [0.3, 0.4) is 0 Å². The Hall–Kier alpha value is -0.830. The van der Waals surface area contributed by atoms with Crippen molar-refractivity contribution in [2.75, 3.05) is 6.61 Å². The quantitative estimate of drug-likeness (QED) is 0.507. The number of hydrogen-bond donors (Lipinski definition) is 0. The van der Waals surface area contributed by atoms with Crippen LogP contribution in [-0.2, 0) is 14.3 Å². The SMILES string of the molecule is CCC(=O)OCC(C)(C)OC(C)C=CC(C)C. The summed E-state index contributed by atoms with van der Waals surface area (Å²) in [6, 6.07) is 0. The summed E-state index contributed by atoms with van der Waals surface area (Å²) in [5.41, 5.74) is -0.453. The first-order valence-electron chi connectivity index (χ1n) is 6.28. The molecule has 1 atom stereocenters. The van der Waals surface area contributed by atoms with Crippen molar-refractivity contribution < 1.29 is 14.3 Å². The number of esters is 1. The van der Waals surface area contributed by atoms with Gasteiger partial charge < -0.3 is 9.47 Å². The van der Waals surface area contributed by atoms with E-state index in [-0.39, 0.29) is 12.1 Å². The summed E-state index contributed by atoms with van der Waals surface area (Å²) in [4.78, 5) is 11.1. The molecule has 0 aromatic heterocycles. The Morgan fingerprint density at radius 2 is 1.82 bits per heavy atom. The summed E-state index contributed by atoms with van der Waals surface area (Å²) in [5.74, 6) is 0.328. The van der Waals surface area contributed by atoms with Gasteiger partial charge in [0.2, 0.25) is 0 Å². The fourth-order valence-corrected chi connectivity index (χ4v) is 1.31. The molecule has 3 heteroatoms. The van der Waals surface area contributed by atoms with Crippen LogP contribution in [0.25, 0.3) is 0 Å². The minimum Gasteiger partial charge on any atom is -0.463 e. The number of hydrogen-bond acceptors (Lipinski definition) is 3. The van der Waals surface area contributed by atoms with Crippen molar-refractivity contribution in [1.29, 1.82) is 0 Å². The molecule has 0 rings (SSSR count). The van der Waals surface area contributed by atoms with Gasteiger partial charge in [-0.2, -0.15) is 0 Å². The molecule has 0 bridgehead atoms. The standard InChI is InChI=1S/C14H26O3/c1-7-13(15)16-10-14(5,6)17-12(4)9-8-11(2)3/h8-9,11-12H,7,10H2,1-6H3. The van der Waals surface area contributed by atoms with Gasteiger partial charge in [-0.3, -0.25) is 4.79 Å². The minimum atomic E-state index is -0.453. The van der Waals surface area contributed by atoms with E-state index >= 15 is 0 Å². The molecule has 0 saturated heterocycles. The fraction of sp³-hybridized carbons (Fsp3) is 0.786. The molecule has 0 fully saturated rings. The summed E-state index contributed by atoms with van der Waals surface area (Å²) >= 11 is 0. The molecule has 0 heterocycles. The van der Waals surface area contributed by atoms with Crippen LogP contribution < -0.4 is 0 Å². The van der Waals surface area contributed by atoms with E-state index in [0.29, 0.717) is 18.9 Å². The molecule has 100 valence electrons. The van der Waals surface area contributed by atoms with E-state index in [2.05, 4.69) is 19.9 Å². The Morgan fingerprint density at radius 3 is 2.29 bits per heavy atom. The average Bonchev–Trinajstić information content (AvgIpc) is 2.22. The van der Waals surface area contributed by atoms with Crippen LogP contribution in [0.1, 0.15) is 48.0 Å². The molecule has 1 unspecified atom stereocenters. The third kappa shape index (κ3) is 8.93. The van der Waals surface area contributed by atoms with E-state index in [4.69, 9.17) is 9.47 Å². The maximum absolute atomic E-state index is 11.1. The molecule has 0 amide bonds. The molecule has 0 saturated carbocycles. The number of ether oxygens (including phenoxy) is 2. The second-order valence-electron chi connectivity index (χ2n) is 5.23. The summed E-state index contributed by atoms with van der Waals surface area (Å²) in [6.45, 7) is 12.2. The number of rotatable bonds is 7. The first-order chi connectivity index (χ1) is 7.76. The van der Waals surface area contributed by atoms with Crippen LogP contribution in [0.15, 0.2) is 12.2 Å². The monoisotopic (exact) mass is 242 g/mol. The molecule has 17 heavy (non-hydrogen) atoms. The third-order valence-electron chi connectivity index (χ3n) is 2.14. The van der Waals surface area contributed by atoms with Crippen LogP contribution >= 0.6 is 0 Å². The van der Waals surface area contributed by atoms with E-state index in [1.807, 2.05) is 26.8 Å². The molecule has 0 aliphatic rings. The Morgan fingerprint density at radius 1 is 1.24 bits per heavy atom.